The molecule has 0 atom stereocenters. The highest BCUT2D eigenvalue weighted by Crippen LogP contribution is 2.16. The predicted molar refractivity (Wildman–Crippen MR) is 97.5 cm³/mol. The molecule has 1 saturated heterocycles. The molecule has 134 valence electrons. The number of hydrogen-bond acceptors (Lipinski definition) is 3. The molecule has 6 heteroatoms. The minimum absolute atomic E-state index is 0.0250. The van der Waals surface area contributed by atoms with E-state index in [0.29, 0.717) is 31.6 Å². The summed E-state index contributed by atoms with van der Waals surface area (Å²) in [5, 5.41) is 0. The summed E-state index contributed by atoms with van der Waals surface area (Å²) in [6.07, 6.45) is 3.40. The van der Waals surface area contributed by atoms with E-state index in [1.807, 2.05) is 34.9 Å². The topological polar surface area (TPSA) is 69.3 Å². The molecule has 2 heterocycles. The molecule has 1 aliphatic rings. The number of unbranched alkanes of at least 4 members (excludes halogenated alkanes) is 1. The molecule has 25 heavy (non-hydrogen) atoms. The quantitative estimate of drug-likeness (QED) is 0.929. The lowest BCUT2D eigenvalue weighted by molar-refractivity contribution is -0.131. The zero-order valence-corrected chi connectivity index (χ0v) is 15.0. The fourth-order valence-corrected chi connectivity index (χ4v) is 3.31. The minimum atomic E-state index is 0.0250. The average Bonchev–Trinajstić information content (AvgIpc) is 2.82. The number of nitrogens with zero attached hydrogens (tertiary/aromatic N) is 3. The number of H-pyrrole nitrogens is 1. The Balaban J connectivity index is 1.66. The standard InChI is InChI=1S/C19H26N4O2/c1-3-4-6-18(24)22-9-5-10-23(12-11-22)19(25)15-7-8-16-17(13-15)21-14(2)20-16/h7-8,13H,3-6,9-12H2,1-2H3,(H,20,21). The first-order chi connectivity index (χ1) is 12.1. The Morgan fingerprint density at radius 2 is 1.92 bits per heavy atom. The second-order valence-electron chi connectivity index (χ2n) is 6.68. The van der Waals surface area contributed by atoms with Crippen LogP contribution >= 0.6 is 0 Å². The van der Waals surface area contributed by atoms with Crippen LogP contribution in [0.5, 0.6) is 0 Å². The van der Waals surface area contributed by atoms with Crippen LogP contribution < -0.4 is 0 Å². The van der Waals surface area contributed by atoms with Gasteiger partial charge in [-0.05, 0) is 38.0 Å². The Labute approximate surface area is 148 Å². The Kier molecular flexibility index (Phi) is 5.36. The molecule has 1 N–H and O–H groups in total. The third-order valence-electron chi connectivity index (χ3n) is 4.73. The lowest BCUT2D eigenvalue weighted by atomic mass is 10.1. The van der Waals surface area contributed by atoms with Gasteiger partial charge in [-0.3, -0.25) is 9.59 Å². The van der Waals surface area contributed by atoms with Gasteiger partial charge >= 0.3 is 0 Å². The first-order valence-corrected chi connectivity index (χ1v) is 9.12. The van der Waals surface area contributed by atoms with Crippen molar-refractivity contribution in [2.75, 3.05) is 26.2 Å². The van der Waals surface area contributed by atoms with Gasteiger partial charge in [-0.1, -0.05) is 13.3 Å². The van der Waals surface area contributed by atoms with Crippen LogP contribution in [0.2, 0.25) is 0 Å². The van der Waals surface area contributed by atoms with Crippen molar-refractivity contribution >= 4 is 22.8 Å². The molecule has 1 aliphatic heterocycles. The molecule has 0 unspecified atom stereocenters. The van der Waals surface area contributed by atoms with E-state index in [1.54, 1.807) is 0 Å². The number of nitrogens with one attached hydrogen (secondary N) is 1. The molecular formula is C19H26N4O2. The Morgan fingerprint density at radius 1 is 1.16 bits per heavy atom. The van der Waals surface area contributed by atoms with Gasteiger partial charge < -0.3 is 14.8 Å². The number of imidazole rings is 1. The van der Waals surface area contributed by atoms with Crippen LogP contribution in [0.15, 0.2) is 18.2 Å². The maximum Gasteiger partial charge on any atom is 0.253 e. The molecule has 3 rings (SSSR count). The van der Waals surface area contributed by atoms with Gasteiger partial charge in [0.15, 0.2) is 0 Å². The number of aryl methyl sites for hydroxylation is 1. The Hall–Kier alpha value is -2.37. The van der Waals surface area contributed by atoms with E-state index >= 15 is 0 Å². The number of rotatable bonds is 4. The number of hydrogen-bond donors (Lipinski definition) is 1. The molecule has 6 nitrogen and oxygen atoms in total. The van der Waals surface area contributed by atoms with Gasteiger partial charge in [-0.15, -0.1) is 0 Å². The fraction of sp³-hybridized carbons (Fsp3) is 0.526. The lowest BCUT2D eigenvalue weighted by Crippen LogP contribution is -2.37. The van der Waals surface area contributed by atoms with Gasteiger partial charge in [0.2, 0.25) is 5.91 Å². The highest BCUT2D eigenvalue weighted by Gasteiger charge is 2.22. The zero-order valence-electron chi connectivity index (χ0n) is 15.0. The van der Waals surface area contributed by atoms with E-state index in [0.717, 1.165) is 42.7 Å². The van der Waals surface area contributed by atoms with E-state index in [4.69, 9.17) is 0 Å². The third-order valence-corrected chi connectivity index (χ3v) is 4.73. The lowest BCUT2D eigenvalue weighted by Gasteiger charge is -2.22. The third kappa shape index (κ3) is 4.00. The fourth-order valence-electron chi connectivity index (χ4n) is 3.31. The molecule has 1 aromatic heterocycles. The summed E-state index contributed by atoms with van der Waals surface area (Å²) in [6, 6.07) is 5.58. The number of aromatic amines is 1. The molecule has 0 radical (unpaired) electrons. The second kappa shape index (κ2) is 7.68. The number of carbonyl (C=O) groups is 2. The largest absolute Gasteiger partial charge is 0.342 e. The van der Waals surface area contributed by atoms with Crippen LogP contribution in [0.3, 0.4) is 0 Å². The normalized spacial score (nSPS) is 15.4. The van der Waals surface area contributed by atoms with E-state index in [1.165, 1.54) is 0 Å². The maximum atomic E-state index is 12.8. The van der Waals surface area contributed by atoms with Crippen LogP contribution in [-0.4, -0.2) is 57.8 Å². The van der Waals surface area contributed by atoms with Gasteiger partial charge in [0.05, 0.1) is 11.0 Å². The SMILES string of the molecule is CCCCC(=O)N1CCCN(C(=O)c2ccc3nc(C)[nH]c3c2)CC1. The van der Waals surface area contributed by atoms with Crippen LogP contribution in [0, 0.1) is 6.92 Å². The molecule has 0 spiro atoms. The summed E-state index contributed by atoms with van der Waals surface area (Å²) < 4.78 is 0. The molecule has 0 saturated carbocycles. The van der Waals surface area contributed by atoms with Crippen molar-refractivity contribution in [1.29, 1.82) is 0 Å². The van der Waals surface area contributed by atoms with E-state index in [-0.39, 0.29) is 11.8 Å². The van der Waals surface area contributed by atoms with Crippen LogP contribution in [0.1, 0.15) is 48.8 Å². The van der Waals surface area contributed by atoms with Crippen molar-refractivity contribution in [3.63, 3.8) is 0 Å². The number of amides is 2. The maximum absolute atomic E-state index is 12.8. The predicted octanol–water partition coefficient (Wildman–Crippen LogP) is 2.74. The summed E-state index contributed by atoms with van der Waals surface area (Å²) in [6.45, 7) is 6.65. The first-order valence-electron chi connectivity index (χ1n) is 9.12. The van der Waals surface area contributed by atoms with Crippen LogP contribution in [0.25, 0.3) is 11.0 Å². The van der Waals surface area contributed by atoms with Gasteiger partial charge in [0, 0.05) is 38.2 Å². The van der Waals surface area contributed by atoms with Crippen molar-refractivity contribution < 1.29 is 9.59 Å². The Morgan fingerprint density at radius 3 is 2.72 bits per heavy atom. The number of benzene rings is 1. The van der Waals surface area contributed by atoms with Crippen molar-refractivity contribution in [3.05, 3.63) is 29.6 Å². The summed E-state index contributed by atoms with van der Waals surface area (Å²) >= 11 is 0. The molecule has 1 fully saturated rings. The van der Waals surface area contributed by atoms with Crippen molar-refractivity contribution in [3.8, 4) is 0 Å². The smallest absolute Gasteiger partial charge is 0.253 e. The van der Waals surface area contributed by atoms with Crippen LogP contribution in [-0.2, 0) is 4.79 Å². The highest BCUT2D eigenvalue weighted by atomic mass is 16.2. The number of carbonyl (C=O) groups excluding carboxylic acids is 2. The minimum Gasteiger partial charge on any atom is -0.342 e. The van der Waals surface area contributed by atoms with Gasteiger partial charge in [-0.2, -0.15) is 0 Å². The zero-order chi connectivity index (χ0) is 17.8. The molecule has 2 aromatic rings. The monoisotopic (exact) mass is 342 g/mol. The summed E-state index contributed by atoms with van der Waals surface area (Å²) in [5.74, 6) is 1.08. The first kappa shape index (κ1) is 17.5. The number of aromatic nitrogens is 2. The van der Waals surface area contributed by atoms with E-state index in [9.17, 15) is 9.59 Å². The highest BCUT2D eigenvalue weighted by molar-refractivity contribution is 5.97. The molecular weight excluding hydrogens is 316 g/mol. The van der Waals surface area contributed by atoms with Crippen LogP contribution in [0.4, 0.5) is 0 Å². The van der Waals surface area contributed by atoms with Gasteiger partial charge in [-0.25, -0.2) is 4.98 Å². The Bertz CT molecular complexity index is 768. The average molecular weight is 342 g/mol. The van der Waals surface area contributed by atoms with Crippen molar-refractivity contribution in [2.24, 2.45) is 0 Å². The van der Waals surface area contributed by atoms with Crippen molar-refractivity contribution in [1.82, 2.24) is 19.8 Å². The molecule has 0 bridgehead atoms. The van der Waals surface area contributed by atoms with Crippen molar-refractivity contribution in [2.45, 2.75) is 39.5 Å². The molecule has 2 amide bonds. The summed E-state index contributed by atoms with van der Waals surface area (Å²) in [4.78, 5) is 36.4. The van der Waals surface area contributed by atoms with Gasteiger partial charge in [0.25, 0.3) is 5.91 Å². The van der Waals surface area contributed by atoms with E-state index < -0.39 is 0 Å². The van der Waals surface area contributed by atoms with E-state index in [2.05, 4.69) is 16.9 Å². The summed E-state index contributed by atoms with van der Waals surface area (Å²) in [5.41, 5.74) is 2.43. The summed E-state index contributed by atoms with van der Waals surface area (Å²) in [7, 11) is 0. The molecule has 1 aromatic carbocycles. The van der Waals surface area contributed by atoms with Gasteiger partial charge in [0.1, 0.15) is 5.82 Å². The molecule has 0 aliphatic carbocycles. The second-order valence-corrected chi connectivity index (χ2v) is 6.68. The number of fused-ring (bicyclic) bond motifs is 1.